The third-order valence-electron chi connectivity index (χ3n) is 3.22. The Morgan fingerprint density at radius 2 is 2.17 bits per heavy atom. The minimum atomic E-state index is -0.609. The molecule has 0 fully saturated rings. The molecule has 8 heteroatoms. The molecule has 124 valence electrons. The molecule has 0 aliphatic rings. The SMILES string of the molecule is COc1cc(NC(=O)CO)ccc1Nc1nc2cc(F)ccc2o1. The van der Waals surface area contributed by atoms with E-state index in [1.807, 2.05) is 0 Å². The topological polar surface area (TPSA) is 96.6 Å². The summed E-state index contributed by atoms with van der Waals surface area (Å²) in [4.78, 5) is 15.4. The Bertz CT molecular complexity index is 894. The van der Waals surface area contributed by atoms with Crippen molar-refractivity contribution in [2.45, 2.75) is 0 Å². The third kappa shape index (κ3) is 3.28. The summed E-state index contributed by atoms with van der Waals surface area (Å²) in [5, 5.41) is 14.2. The lowest BCUT2D eigenvalue weighted by molar-refractivity contribution is -0.118. The highest BCUT2D eigenvalue weighted by atomic mass is 19.1. The van der Waals surface area contributed by atoms with E-state index in [0.717, 1.165) is 0 Å². The molecule has 3 rings (SSSR count). The second-order valence-electron chi connectivity index (χ2n) is 4.88. The molecular weight excluding hydrogens is 317 g/mol. The Labute approximate surface area is 136 Å². The van der Waals surface area contributed by atoms with Crippen molar-refractivity contribution < 1.29 is 23.4 Å². The zero-order valence-corrected chi connectivity index (χ0v) is 12.7. The first-order chi connectivity index (χ1) is 11.6. The number of amides is 1. The Hall–Kier alpha value is -3.13. The van der Waals surface area contributed by atoms with E-state index in [2.05, 4.69) is 15.6 Å². The van der Waals surface area contributed by atoms with Crippen molar-refractivity contribution in [1.82, 2.24) is 4.98 Å². The maximum absolute atomic E-state index is 13.2. The van der Waals surface area contributed by atoms with Crippen LogP contribution in [0.1, 0.15) is 0 Å². The van der Waals surface area contributed by atoms with Gasteiger partial charge in [-0.05, 0) is 24.3 Å². The molecule has 7 nitrogen and oxygen atoms in total. The van der Waals surface area contributed by atoms with Gasteiger partial charge in [0.05, 0.1) is 12.8 Å². The molecule has 0 bridgehead atoms. The molecule has 3 N–H and O–H groups in total. The number of aliphatic hydroxyl groups excluding tert-OH is 1. The predicted octanol–water partition coefficient (Wildman–Crippen LogP) is 2.65. The number of benzene rings is 2. The maximum Gasteiger partial charge on any atom is 0.300 e. The van der Waals surface area contributed by atoms with Crippen molar-refractivity contribution >= 4 is 34.4 Å². The molecule has 1 aromatic heterocycles. The molecule has 24 heavy (non-hydrogen) atoms. The number of methoxy groups -OCH3 is 1. The number of hydrogen-bond acceptors (Lipinski definition) is 6. The zero-order valence-electron chi connectivity index (χ0n) is 12.7. The van der Waals surface area contributed by atoms with Gasteiger partial charge in [-0.25, -0.2) is 4.39 Å². The standard InChI is InChI=1S/C16H14FN3O4/c1-23-14-7-10(18-15(22)8-21)3-4-11(14)19-16-20-12-6-9(17)2-5-13(12)24-16/h2-7,21H,8H2,1H3,(H,18,22)(H,19,20). The van der Waals surface area contributed by atoms with Gasteiger partial charge in [-0.2, -0.15) is 4.98 Å². The summed E-state index contributed by atoms with van der Waals surface area (Å²) in [5.41, 5.74) is 1.86. The quantitative estimate of drug-likeness (QED) is 0.665. The van der Waals surface area contributed by atoms with E-state index < -0.39 is 18.3 Å². The highest BCUT2D eigenvalue weighted by Gasteiger charge is 2.11. The Kier molecular flexibility index (Phi) is 4.30. The van der Waals surface area contributed by atoms with Gasteiger partial charge in [0, 0.05) is 17.8 Å². The number of carbonyl (C=O) groups excluding carboxylic acids is 1. The number of ether oxygens (including phenoxy) is 1. The molecular formula is C16H14FN3O4. The lowest BCUT2D eigenvalue weighted by atomic mass is 10.2. The van der Waals surface area contributed by atoms with Crippen LogP contribution in [0.3, 0.4) is 0 Å². The smallest absolute Gasteiger partial charge is 0.300 e. The Balaban J connectivity index is 1.86. The minimum Gasteiger partial charge on any atom is -0.494 e. The van der Waals surface area contributed by atoms with E-state index in [4.69, 9.17) is 14.3 Å². The summed E-state index contributed by atoms with van der Waals surface area (Å²) in [7, 11) is 1.47. The van der Waals surface area contributed by atoms with Gasteiger partial charge >= 0.3 is 0 Å². The van der Waals surface area contributed by atoms with Gasteiger partial charge in [-0.1, -0.05) is 0 Å². The molecule has 1 heterocycles. The highest BCUT2D eigenvalue weighted by Crippen LogP contribution is 2.31. The van der Waals surface area contributed by atoms with Crippen LogP contribution in [0.25, 0.3) is 11.1 Å². The average Bonchev–Trinajstić information content (AvgIpc) is 2.97. The summed E-state index contributed by atoms with van der Waals surface area (Å²) in [6.07, 6.45) is 0. The van der Waals surface area contributed by atoms with Crippen LogP contribution >= 0.6 is 0 Å². The first-order valence-electron chi connectivity index (χ1n) is 7.01. The monoisotopic (exact) mass is 331 g/mol. The van der Waals surface area contributed by atoms with Crippen molar-refractivity contribution in [2.24, 2.45) is 0 Å². The molecule has 0 saturated carbocycles. The normalized spacial score (nSPS) is 10.6. The number of nitrogens with one attached hydrogen (secondary N) is 2. The van der Waals surface area contributed by atoms with Crippen molar-refractivity contribution in [3.63, 3.8) is 0 Å². The molecule has 0 aliphatic heterocycles. The summed E-state index contributed by atoms with van der Waals surface area (Å²) in [5.74, 6) is -0.498. The van der Waals surface area contributed by atoms with Gasteiger partial charge in [0.1, 0.15) is 23.7 Å². The number of rotatable bonds is 5. The summed E-state index contributed by atoms with van der Waals surface area (Å²) in [6.45, 7) is -0.609. The molecule has 0 unspecified atom stereocenters. The number of aliphatic hydroxyl groups is 1. The second-order valence-corrected chi connectivity index (χ2v) is 4.88. The number of fused-ring (bicyclic) bond motifs is 1. The van der Waals surface area contributed by atoms with Gasteiger partial charge in [-0.3, -0.25) is 4.79 Å². The van der Waals surface area contributed by atoms with E-state index >= 15 is 0 Å². The second kappa shape index (κ2) is 6.55. The molecule has 0 spiro atoms. The summed E-state index contributed by atoms with van der Waals surface area (Å²) < 4.78 is 23.9. The number of nitrogens with zero attached hydrogens (tertiary/aromatic N) is 1. The predicted molar refractivity (Wildman–Crippen MR) is 86.0 cm³/mol. The van der Waals surface area contributed by atoms with E-state index in [9.17, 15) is 9.18 Å². The first kappa shape index (κ1) is 15.8. The Morgan fingerprint density at radius 3 is 2.92 bits per heavy atom. The van der Waals surface area contributed by atoms with E-state index in [1.165, 1.54) is 25.3 Å². The van der Waals surface area contributed by atoms with Crippen molar-refractivity contribution in [3.05, 3.63) is 42.2 Å². The van der Waals surface area contributed by atoms with Gasteiger partial charge in [-0.15, -0.1) is 0 Å². The van der Waals surface area contributed by atoms with Crippen LogP contribution in [0.4, 0.5) is 21.8 Å². The molecule has 2 aromatic carbocycles. The number of aromatic nitrogens is 1. The van der Waals surface area contributed by atoms with Gasteiger partial charge in [0.15, 0.2) is 5.58 Å². The maximum atomic E-state index is 13.2. The molecule has 0 saturated heterocycles. The average molecular weight is 331 g/mol. The first-order valence-corrected chi connectivity index (χ1v) is 7.01. The lowest BCUT2D eigenvalue weighted by Gasteiger charge is -2.11. The number of hydrogen-bond donors (Lipinski definition) is 3. The van der Waals surface area contributed by atoms with Crippen LogP contribution in [-0.2, 0) is 4.79 Å². The highest BCUT2D eigenvalue weighted by molar-refractivity contribution is 5.92. The third-order valence-corrected chi connectivity index (χ3v) is 3.22. The molecule has 3 aromatic rings. The zero-order chi connectivity index (χ0) is 17.1. The molecule has 0 aliphatic carbocycles. The summed E-state index contributed by atoms with van der Waals surface area (Å²) >= 11 is 0. The number of oxazole rings is 1. The molecule has 1 amide bonds. The summed E-state index contributed by atoms with van der Waals surface area (Å²) in [6, 6.07) is 9.10. The minimum absolute atomic E-state index is 0.182. The fraction of sp³-hybridized carbons (Fsp3) is 0.125. The number of carbonyl (C=O) groups is 1. The van der Waals surface area contributed by atoms with E-state index in [0.29, 0.717) is 28.2 Å². The number of anilines is 3. The fourth-order valence-electron chi connectivity index (χ4n) is 2.14. The van der Waals surface area contributed by atoms with E-state index in [1.54, 1.807) is 18.2 Å². The van der Waals surface area contributed by atoms with E-state index in [-0.39, 0.29) is 6.01 Å². The van der Waals surface area contributed by atoms with Crippen molar-refractivity contribution in [1.29, 1.82) is 0 Å². The number of halogens is 1. The molecule has 0 atom stereocenters. The van der Waals surface area contributed by atoms with Crippen LogP contribution < -0.4 is 15.4 Å². The van der Waals surface area contributed by atoms with Crippen LogP contribution in [0.2, 0.25) is 0 Å². The van der Waals surface area contributed by atoms with Crippen LogP contribution in [0.5, 0.6) is 5.75 Å². The van der Waals surface area contributed by atoms with Crippen LogP contribution in [-0.4, -0.2) is 29.7 Å². The van der Waals surface area contributed by atoms with Gasteiger partial charge < -0.3 is 24.9 Å². The van der Waals surface area contributed by atoms with Crippen molar-refractivity contribution in [2.75, 3.05) is 24.4 Å². The van der Waals surface area contributed by atoms with Crippen LogP contribution in [0, 0.1) is 5.82 Å². The Morgan fingerprint density at radius 1 is 1.33 bits per heavy atom. The lowest BCUT2D eigenvalue weighted by Crippen LogP contribution is -2.15. The fourth-order valence-corrected chi connectivity index (χ4v) is 2.14. The van der Waals surface area contributed by atoms with Crippen LogP contribution in [0.15, 0.2) is 40.8 Å². The molecule has 0 radical (unpaired) electrons. The largest absolute Gasteiger partial charge is 0.494 e. The van der Waals surface area contributed by atoms with Gasteiger partial charge in [0.2, 0.25) is 5.91 Å². The van der Waals surface area contributed by atoms with Gasteiger partial charge in [0.25, 0.3) is 6.01 Å². The van der Waals surface area contributed by atoms with Crippen molar-refractivity contribution in [3.8, 4) is 5.75 Å².